The Bertz CT molecular complexity index is 3390. The van der Waals surface area contributed by atoms with Crippen LogP contribution in [0.4, 0.5) is 26.3 Å². The zero-order valence-corrected chi connectivity index (χ0v) is 41.9. The van der Waals surface area contributed by atoms with Crippen molar-refractivity contribution in [3.05, 3.63) is 144 Å². The molecule has 4 aromatic carbocycles. The third-order valence-electron chi connectivity index (χ3n) is 11.4. The average molecular weight is 1050 g/mol. The summed E-state index contributed by atoms with van der Waals surface area (Å²) in [5.41, 5.74) is -2.47. The number of halogens is 6. The fraction of sp³-hybridized carbons (Fsp3) is 0.321. The molecule has 67 heavy (non-hydrogen) atoms. The van der Waals surface area contributed by atoms with Crippen LogP contribution in [0.2, 0.25) is 0 Å². The quantitative estimate of drug-likeness (QED) is 0.101. The zero-order chi connectivity index (χ0) is 57.3. The van der Waals surface area contributed by atoms with Crippen LogP contribution in [-0.4, -0.2) is 51.3 Å². The van der Waals surface area contributed by atoms with Crippen LogP contribution in [0, 0.1) is 10.8 Å². The van der Waals surface area contributed by atoms with E-state index in [1.54, 1.807) is 12.1 Å². The van der Waals surface area contributed by atoms with Crippen molar-refractivity contribution in [1.82, 2.24) is 9.97 Å². The summed E-state index contributed by atoms with van der Waals surface area (Å²) in [6, 6.07) is 21.6. The minimum absolute atomic E-state index is 0.0367. The van der Waals surface area contributed by atoms with E-state index in [0.29, 0.717) is 62.5 Å². The molecule has 0 aliphatic rings. The normalized spacial score (nSPS) is 15.8. The van der Waals surface area contributed by atoms with Gasteiger partial charge in [0, 0.05) is 0 Å². The van der Waals surface area contributed by atoms with Crippen LogP contribution < -0.4 is 4.74 Å². The number of benzene rings is 4. The van der Waals surface area contributed by atoms with Crippen LogP contribution in [0.1, 0.15) is 105 Å². The van der Waals surface area contributed by atoms with Gasteiger partial charge in [0.25, 0.3) is 0 Å². The van der Waals surface area contributed by atoms with Crippen LogP contribution in [0.3, 0.4) is 0 Å². The maximum atomic E-state index is 14.0. The first-order valence-electron chi connectivity index (χ1n) is 26.4. The molecule has 3 nitrogen and oxygen atoms in total. The number of aromatic nitrogens is 2. The summed E-state index contributed by atoms with van der Waals surface area (Å²) in [6.45, 7) is 15.3. The van der Waals surface area contributed by atoms with Crippen LogP contribution in [0.15, 0.2) is 121 Å². The zero-order valence-electron chi connectivity index (χ0n) is 48.5. The number of rotatable bonds is 10. The summed E-state index contributed by atoms with van der Waals surface area (Å²) in [5, 5.41) is 0.400. The van der Waals surface area contributed by atoms with Gasteiger partial charge in [-0.3, -0.25) is 0 Å². The van der Waals surface area contributed by atoms with E-state index in [-0.39, 0.29) is 58.4 Å². The molecule has 0 fully saturated rings. The number of alkyl halides is 6. The molecule has 11 heteroatoms. The fourth-order valence-electron chi connectivity index (χ4n) is 7.11. The molecule has 0 N–H and O–H groups in total. The predicted molar refractivity (Wildman–Crippen MR) is 264 cm³/mol. The molecule has 4 aromatic heterocycles. The van der Waals surface area contributed by atoms with Crippen LogP contribution >= 0.6 is 0 Å². The molecule has 0 spiro atoms. The maximum absolute atomic E-state index is 14.0. The molecule has 4 heterocycles. The van der Waals surface area contributed by atoms with Crippen molar-refractivity contribution in [2.75, 3.05) is 0 Å². The van der Waals surface area contributed by atoms with E-state index in [0.717, 1.165) is 38.8 Å². The Labute approximate surface area is 415 Å². The first-order valence-corrected chi connectivity index (χ1v) is 24.8. The van der Waals surface area contributed by atoms with Gasteiger partial charge in [-0.1, -0.05) is 0 Å². The van der Waals surface area contributed by atoms with Crippen molar-refractivity contribution in [1.29, 1.82) is 0 Å². The Morgan fingerprint density at radius 2 is 0.866 bits per heavy atom. The van der Waals surface area contributed by atoms with Crippen LogP contribution in [0.5, 0.6) is 11.5 Å². The Hall–Kier alpha value is -4.92. The van der Waals surface area contributed by atoms with Gasteiger partial charge >= 0.3 is 417 Å². The van der Waals surface area contributed by atoms with Gasteiger partial charge in [0.1, 0.15) is 0 Å². The standard InChI is InChI=1S/C56H54F6N2OSe2/c1-51(2,3)41-23-39(47-49-37(19-21-63-47)27-45(66-49)35-15-11-33(12-16-35)31-53(7,8)55(57,58)59)25-43(29-41)65-44-26-40(24-42(30-44)52(4,5)6)48-50-38(20-22-64-48)28-46(67-50)36-17-13-34(14-18-36)32-54(9,10)56(60,61)62/h11-30H,31-32H2,1-10H3/i19D,20D,21D,22D,27D,28D,31D2,32D2. The van der Waals surface area contributed by atoms with Gasteiger partial charge in [-0.05, 0) is 0 Å². The Morgan fingerprint density at radius 3 is 1.19 bits per heavy atom. The number of nitrogens with zero attached hydrogens (tertiary/aromatic N) is 2. The van der Waals surface area contributed by atoms with Crippen molar-refractivity contribution < 1.29 is 44.8 Å². The molecule has 0 unspecified atom stereocenters. The van der Waals surface area contributed by atoms with Crippen LogP contribution in [-0.2, 0) is 23.6 Å². The average Bonchev–Trinajstić information content (AvgIpc) is 3.90. The van der Waals surface area contributed by atoms with Gasteiger partial charge in [-0.2, -0.15) is 0 Å². The number of hydrogen-bond donors (Lipinski definition) is 0. The number of fused-ring (bicyclic) bond motifs is 2. The monoisotopic (exact) mass is 1050 g/mol. The molecule has 0 bridgehead atoms. The Kier molecular flexibility index (Phi) is 9.70. The molecule has 0 amide bonds. The van der Waals surface area contributed by atoms with Crippen molar-refractivity contribution in [2.45, 2.75) is 105 Å². The third-order valence-corrected chi connectivity index (χ3v) is 16.2. The number of ether oxygens (including phenoxy) is 1. The van der Waals surface area contributed by atoms with Gasteiger partial charge in [0.05, 0.1) is 0 Å². The number of hydrogen-bond acceptors (Lipinski definition) is 3. The van der Waals surface area contributed by atoms with E-state index in [9.17, 15) is 29.1 Å². The second-order valence-corrected chi connectivity index (χ2v) is 23.9. The van der Waals surface area contributed by atoms with E-state index in [4.69, 9.17) is 15.7 Å². The van der Waals surface area contributed by atoms with E-state index in [1.165, 1.54) is 48.5 Å². The van der Waals surface area contributed by atoms with E-state index in [2.05, 4.69) is 9.97 Å². The molecular formula is C56H54F6N2OSe2. The Morgan fingerprint density at radius 1 is 0.507 bits per heavy atom. The van der Waals surface area contributed by atoms with E-state index < -0.39 is 75.8 Å². The fourth-order valence-corrected chi connectivity index (χ4v) is 11.6. The topological polar surface area (TPSA) is 35.0 Å². The van der Waals surface area contributed by atoms with Gasteiger partial charge in [0.2, 0.25) is 0 Å². The molecule has 8 aromatic rings. The van der Waals surface area contributed by atoms with Gasteiger partial charge < -0.3 is 0 Å². The molecule has 348 valence electrons. The van der Waals surface area contributed by atoms with Gasteiger partial charge in [0.15, 0.2) is 0 Å². The van der Waals surface area contributed by atoms with Crippen LogP contribution in [0.25, 0.3) is 61.8 Å². The first-order chi connectivity index (χ1) is 35.2. The summed E-state index contributed by atoms with van der Waals surface area (Å²) < 4.78 is 181. The molecular weight excluding hydrogens is 989 g/mol. The summed E-state index contributed by atoms with van der Waals surface area (Å²) in [4.78, 5) is 9.24. The van der Waals surface area contributed by atoms with E-state index >= 15 is 0 Å². The summed E-state index contributed by atoms with van der Waals surface area (Å²) >= 11 is -1.42. The van der Waals surface area contributed by atoms with Crippen molar-refractivity contribution in [3.63, 3.8) is 0 Å². The van der Waals surface area contributed by atoms with Gasteiger partial charge in [-0.25, -0.2) is 0 Å². The Balaban J connectivity index is 1.23. The second-order valence-electron chi connectivity index (χ2n) is 19.7. The first kappa shape index (κ1) is 37.0. The number of pyridine rings is 2. The summed E-state index contributed by atoms with van der Waals surface area (Å²) in [5.74, 6) is 0.735. The minimum atomic E-state index is -4.84. The van der Waals surface area contributed by atoms with Crippen molar-refractivity contribution >= 4 is 48.3 Å². The predicted octanol–water partition coefficient (Wildman–Crippen LogP) is 16.2. The van der Waals surface area contributed by atoms with Crippen molar-refractivity contribution in [3.8, 4) is 54.0 Å². The summed E-state index contributed by atoms with van der Waals surface area (Å²) in [6.07, 6.45) is -16.0. The molecule has 8 rings (SSSR count). The summed E-state index contributed by atoms with van der Waals surface area (Å²) in [7, 11) is 0. The van der Waals surface area contributed by atoms with Gasteiger partial charge in [-0.15, -0.1) is 0 Å². The second kappa shape index (κ2) is 17.6. The molecule has 0 radical (unpaired) electrons. The molecule has 0 saturated carbocycles. The molecule has 0 atom stereocenters. The SMILES string of the molecule is [2H]c1nc(-c2cc(Oc3cc(-c4nc([2H])c([2H])c5c([2H])c(-c6ccc(C([2H])([2H])C(C)(C)C(F)(F)F)cc6)[se]c45)cc(C(C)(C)C)c3)cc(C(C)(C)C)c2)c2[se]c(-c3ccc(C([2H])([2H])C(C)(C)C(F)(F)F)cc3)c([2H])c2c1[2H]. The molecule has 0 aliphatic carbocycles. The van der Waals surface area contributed by atoms with E-state index in [1.807, 2.05) is 65.8 Å². The molecule has 0 saturated heterocycles. The third kappa shape index (κ3) is 10.4. The van der Waals surface area contributed by atoms with Crippen molar-refractivity contribution in [2.24, 2.45) is 10.8 Å². The molecule has 0 aliphatic heterocycles.